The number of methoxy groups -OCH3 is 1. The van der Waals surface area contributed by atoms with Crippen LogP contribution >= 0.6 is 31.9 Å². The van der Waals surface area contributed by atoms with E-state index in [0.29, 0.717) is 25.9 Å². The number of rotatable bonds is 7. The smallest absolute Gasteiger partial charge is 0.339 e. The summed E-state index contributed by atoms with van der Waals surface area (Å²) < 4.78 is 36.3. The highest BCUT2D eigenvalue weighted by Gasteiger charge is 2.21. The van der Waals surface area contributed by atoms with Gasteiger partial charge in [0.1, 0.15) is 22.3 Å². The summed E-state index contributed by atoms with van der Waals surface area (Å²) in [4.78, 5) is 12.6. The molecule has 0 saturated carbocycles. The molecule has 0 saturated heterocycles. The van der Waals surface area contributed by atoms with Crippen LogP contribution in [0.2, 0.25) is 0 Å². The number of carbonyl (C=O) groups is 1. The Morgan fingerprint density at radius 3 is 2.15 bits per heavy atom. The van der Waals surface area contributed by atoms with Crippen LogP contribution < -0.4 is 14.2 Å². The predicted octanol–water partition coefficient (Wildman–Crippen LogP) is 5.84. The third-order valence-corrected chi connectivity index (χ3v) is 6.96. The summed E-state index contributed by atoms with van der Waals surface area (Å²) in [5.41, 5.74) is 1.75. The normalized spacial score (nSPS) is 11.4. The molecule has 0 fully saturated rings. The van der Waals surface area contributed by atoms with Crippen LogP contribution in [0.5, 0.6) is 11.5 Å². The molecule has 7 nitrogen and oxygen atoms in total. The van der Waals surface area contributed by atoms with Crippen LogP contribution in [-0.2, 0) is 14.9 Å². The molecule has 3 aromatic carbocycles. The van der Waals surface area contributed by atoms with Crippen LogP contribution in [0.3, 0.4) is 0 Å². The van der Waals surface area contributed by atoms with Gasteiger partial charge in [0, 0.05) is 5.69 Å². The van der Waals surface area contributed by atoms with Gasteiger partial charge >= 0.3 is 10.1 Å². The molecule has 34 heavy (non-hydrogen) atoms. The first kappa shape index (κ1) is 25.5. The minimum absolute atomic E-state index is 0.0165. The molecule has 10 heteroatoms. The lowest BCUT2D eigenvalue weighted by molar-refractivity contribution is -0.112. The predicted molar refractivity (Wildman–Crippen MR) is 136 cm³/mol. The molecule has 3 aromatic rings. The van der Waals surface area contributed by atoms with Gasteiger partial charge in [0.2, 0.25) is 0 Å². The van der Waals surface area contributed by atoms with E-state index in [1.54, 1.807) is 48.5 Å². The zero-order valence-corrected chi connectivity index (χ0v) is 22.0. The van der Waals surface area contributed by atoms with Gasteiger partial charge in [0.25, 0.3) is 5.91 Å². The SMILES string of the molecule is COc1ccc(NC(=O)/C(C#N)=C/c2cc(Br)c(OS(=O)(=O)c3ccc(C)cc3)c(Br)c2)cc1. The number of nitrogens with one attached hydrogen (secondary N) is 1. The van der Waals surface area contributed by atoms with E-state index in [2.05, 4.69) is 37.2 Å². The van der Waals surface area contributed by atoms with Gasteiger partial charge in [-0.05, 0) is 99.0 Å². The number of ether oxygens (including phenoxy) is 1. The molecule has 0 bridgehead atoms. The van der Waals surface area contributed by atoms with Crippen molar-refractivity contribution in [3.05, 3.63) is 86.3 Å². The van der Waals surface area contributed by atoms with Crippen LogP contribution in [0.1, 0.15) is 11.1 Å². The Labute approximate surface area is 214 Å². The Hall–Kier alpha value is -3.13. The van der Waals surface area contributed by atoms with Gasteiger partial charge < -0.3 is 14.2 Å². The summed E-state index contributed by atoms with van der Waals surface area (Å²) in [6, 6.07) is 17.9. The zero-order chi connectivity index (χ0) is 24.9. The van der Waals surface area contributed by atoms with E-state index in [1.165, 1.54) is 25.3 Å². The van der Waals surface area contributed by atoms with Crippen molar-refractivity contribution in [1.82, 2.24) is 0 Å². The van der Waals surface area contributed by atoms with Crippen molar-refractivity contribution < 1.29 is 22.1 Å². The molecule has 0 radical (unpaired) electrons. The first-order valence-corrected chi connectivity index (χ1v) is 12.7. The maximum absolute atomic E-state index is 12.6. The first-order valence-electron chi connectivity index (χ1n) is 9.70. The Bertz CT molecular complexity index is 1370. The van der Waals surface area contributed by atoms with Gasteiger partial charge in [0.15, 0.2) is 5.75 Å². The topological polar surface area (TPSA) is 105 Å². The summed E-state index contributed by atoms with van der Waals surface area (Å²) in [5, 5.41) is 12.1. The molecule has 0 atom stereocenters. The molecule has 174 valence electrons. The van der Waals surface area contributed by atoms with Crippen molar-refractivity contribution in [2.24, 2.45) is 0 Å². The molecule has 0 unspecified atom stereocenters. The van der Waals surface area contributed by atoms with Gasteiger partial charge in [-0.1, -0.05) is 17.7 Å². The second kappa shape index (κ2) is 10.9. The number of anilines is 1. The van der Waals surface area contributed by atoms with Crippen molar-refractivity contribution in [1.29, 1.82) is 5.26 Å². The first-order chi connectivity index (χ1) is 16.1. The largest absolute Gasteiger partial charge is 0.497 e. The molecule has 0 spiro atoms. The Balaban J connectivity index is 1.83. The second-order valence-corrected chi connectivity index (χ2v) is 10.3. The molecular formula is C24H18Br2N2O5S. The van der Waals surface area contributed by atoms with E-state index in [-0.39, 0.29) is 16.2 Å². The second-order valence-electron chi connectivity index (χ2n) is 7.02. The number of aryl methyl sites for hydroxylation is 1. The maximum atomic E-state index is 12.6. The van der Waals surface area contributed by atoms with Crippen molar-refractivity contribution in [3.63, 3.8) is 0 Å². The van der Waals surface area contributed by atoms with Crippen LogP contribution in [0.4, 0.5) is 5.69 Å². The van der Waals surface area contributed by atoms with Crippen molar-refractivity contribution in [3.8, 4) is 17.6 Å². The lowest BCUT2D eigenvalue weighted by Crippen LogP contribution is -2.13. The number of amides is 1. The van der Waals surface area contributed by atoms with Crippen LogP contribution in [0.15, 0.2) is 80.1 Å². The molecule has 0 aliphatic carbocycles. The lowest BCUT2D eigenvalue weighted by Gasteiger charge is -2.12. The Morgan fingerprint density at radius 1 is 1.03 bits per heavy atom. The molecule has 0 aliphatic heterocycles. The third kappa shape index (κ3) is 6.26. The van der Waals surface area contributed by atoms with Crippen molar-refractivity contribution >= 4 is 59.6 Å². The van der Waals surface area contributed by atoms with Crippen molar-refractivity contribution in [2.75, 3.05) is 12.4 Å². The minimum Gasteiger partial charge on any atom is -0.497 e. The highest BCUT2D eigenvalue weighted by atomic mass is 79.9. The van der Waals surface area contributed by atoms with Crippen LogP contribution in [0, 0.1) is 18.3 Å². The Kier molecular flexibility index (Phi) is 8.15. The standard InChI is InChI=1S/C24H18Br2N2O5S/c1-15-3-9-20(10-4-15)34(30,31)33-23-21(25)12-16(13-22(23)26)11-17(14-27)24(29)28-18-5-7-19(32-2)8-6-18/h3-13H,1-2H3,(H,28,29)/b17-11+. The summed E-state index contributed by atoms with van der Waals surface area (Å²) in [5.74, 6) is 0.0801. The number of hydrogen-bond acceptors (Lipinski definition) is 6. The quantitative estimate of drug-likeness (QED) is 0.206. The van der Waals surface area contributed by atoms with Crippen LogP contribution in [-0.4, -0.2) is 21.4 Å². The highest BCUT2D eigenvalue weighted by molar-refractivity contribution is 9.11. The molecular weight excluding hydrogens is 588 g/mol. The number of nitriles is 1. The van der Waals surface area contributed by atoms with E-state index in [1.807, 2.05) is 13.0 Å². The zero-order valence-electron chi connectivity index (χ0n) is 18.0. The average molecular weight is 606 g/mol. The van der Waals surface area contributed by atoms with Gasteiger partial charge in [-0.25, -0.2) is 0 Å². The summed E-state index contributed by atoms with van der Waals surface area (Å²) in [6.07, 6.45) is 1.38. The van der Waals surface area contributed by atoms with E-state index < -0.39 is 16.0 Å². The molecule has 0 heterocycles. The third-order valence-electron chi connectivity index (χ3n) is 4.55. The molecule has 0 aliphatic rings. The fourth-order valence-electron chi connectivity index (χ4n) is 2.79. The Morgan fingerprint density at radius 2 is 1.62 bits per heavy atom. The average Bonchev–Trinajstić information content (AvgIpc) is 2.80. The summed E-state index contributed by atoms with van der Waals surface area (Å²) in [6.45, 7) is 1.85. The number of nitrogens with zero attached hydrogens (tertiary/aromatic N) is 1. The van der Waals surface area contributed by atoms with Gasteiger partial charge in [0.05, 0.1) is 16.1 Å². The number of halogens is 2. The number of benzene rings is 3. The fourth-order valence-corrected chi connectivity index (χ4v) is 5.36. The van der Waals surface area contributed by atoms with Gasteiger partial charge in [-0.3, -0.25) is 4.79 Å². The van der Waals surface area contributed by atoms with Crippen molar-refractivity contribution in [2.45, 2.75) is 11.8 Å². The molecule has 1 N–H and O–H groups in total. The maximum Gasteiger partial charge on any atom is 0.339 e. The fraction of sp³-hybridized carbons (Fsp3) is 0.0833. The van der Waals surface area contributed by atoms with Crippen LogP contribution in [0.25, 0.3) is 6.08 Å². The van der Waals surface area contributed by atoms with E-state index >= 15 is 0 Å². The number of carbonyl (C=O) groups excluding carboxylic acids is 1. The number of hydrogen-bond donors (Lipinski definition) is 1. The monoisotopic (exact) mass is 604 g/mol. The van der Waals surface area contributed by atoms with Gasteiger partial charge in [-0.2, -0.15) is 13.7 Å². The highest BCUT2D eigenvalue weighted by Crippen LogP contribution is 2.37. The molecule has 1 amide bonds. The summed E-state index contributed by atoms with van der Waals surface area (Å²) in [7, 11) is -2.53. The summed E-state index contributed by atoms with van der Waals surface area (Å²) >= 11 is 6.61. The lowest BCUT2D eigenvalue weighted by atomic mass is 10.1. The molecule has 3 rings (SSSR count). The molecule has 0 aromatic heterocycles. The van der Waals surface area contributed by atoms with E-state index in [9.17, 15) is 18.5 Å². The minimum atomic E-state index is -4.07. The van der Waals surface area contributed by atoms with E-state index in [4.69, 9.17) is 8.92 Å². The van der Waals surface area contributed by atoms with E-state index in [0.717, 1.165) is 5.56 Å². The van der Waals surface area contributed by atoms with Gasteiger partial charge in [-0.15, -0.1) is 0 Å².